The van der Waals surface area contributed by atoms with E-state index in [4.69, 9.17) is 0 Å². The molecule has 0 saturated heterocycles. The van der Waals surface area contributed by atoms with Crippen molar-refractivity contribution in [1.29, 1.82) is 0 Å². The van der Waals surface area contributed by atoms with Gasteiger partial charge in [-0.3, -0.25) is 0 Å². The van der Waals surface area contributed by atoms with E-state index in [2.05, 4.69) is 46.5 Å². The predicted octanol–water partition coefficient (Wildman–Crippen LogP) is 2.19. The molecule has 0 rings (SSSR count). The van der Waals surface area contributed by atoms with Crippen LogP contribution >= 0.6 is 15.9 Å². The fourth-order valence-electron chi connectivity index (χ4n) is 0.309. The molecule has 0 aliphatic carbocycles. The van der Waals surface area contributed by atoms with Crippen LogP contribution < -0.4 is 0 Å². The maximum Gasteiger partial charge on any atom is 0.0655 e. The van der Waals surface area contributed by atoms with E-state index < -0.39 is 0 Å². The highest BCUT2D eigenvalue weighted by molar-refractivity contribution is 9.09. The zero-order valence-corrected chi connectivity index (χ0v) is 7.09. The molecule has 0 heterocycles. The van der Waals surface area contributed by atoms with Gasteiger partial charge in [-0.05, 0) is 18.3 Å². The minimum Gasteiger partial charge on any atom is -0.0891 e. The Morgan fingerprint density at radius 2 is 1.89 bits per heavy atom. The Hall–Kier alpha value is -0.400. The summed E-state index contributed by atoms with van der Waals surface area (Å²) in [7, 11) is 0. The van der Waals surface area contributed by atoms with Gasteiger partial charge in [0.2, 0.25) is 0 Å². The van der Waals surface area contributed by atoms with Crippen LogP contribution in [0, 0.1) is 23.7 Å². The molecule has 0 radical (unpaired) electrons. The van der Waals surface area contributed by atoms with Crippen molar-refractivity contribution in [2.24, 2.45) is 0 Å². The lowest BCUT2D eigenvalue weighted by atomic mass is 10.3. The quantitative estimate of drug-likeness (QED) is 0.434. The van der Waals surface area contributed by atoms with E-state index in [0.717, 1.165) is 12.8 Å². The first-order chi connectivity index (χ1) is 4.41. The van der Waals surface area contributed by atoms with E-state index in [9.17, 15) is 0 Å². The maximum atomic E-state index is 3.18. The summed E-state index contributed by atoms with van der Waals surface area (Å²) in [6.45, 7) is 2.10. The number of hydrogen-bond acceptors (Lipinski definition) is 0. The summed E-state index contributed by atoms with van der Waals surface area (Å²) >= 11 is 3.18. The number of unbranched alkanes of at least 4 members (excludes halogenated alkanes) is 1. The molecule has 0 nitrogen and oxygen atoms in total. The van der Waals surface area contributed by atoms with Gasteiger partial charge in [-0.25, -0.2) is 0 Å². The lowest BCUT2D eigenvalue weighted by molar-refractivity contribution is 0.983. The normalized spacial score (nSPS) is 6.44. The molecule has 0 amide bonds. The topological polar surface area (TPSA) is 0 Å². The maximum absolute atomic E-state index is 3.18. The molecule has 0 fully saturated rings. The molecule has 1 heteroatoms. The highest BCUT2D eigenvalue weighted by Gasteiger charge is 1.66. The van der Waals surface area contributed by atoms with Crippen molar-refractivity contribution < 1.29 is 0 Å². The second kappa shape index (κ2) is 7.60. The average Bonchev–Trinajstić information content (AvgIpc) is 1.89. The van der Waals surface area contributed by atoms with Crippen LogP contribution in [0.15, 0.2) is 0 Å². The molecule has 0 bridgehead atoms. The fraction of sp³-hybridized carbons (Fsp3) is 0.500. The first-order valence-corrected chi connectivity index (χ1v) is 4.05. The highest BCUT2D eigenvalue weighted by atomic mass is 79.9. The van der Waals surface area contributed by atoms with Crippen molar-refractivity contribution in [3.8, 4) is 23.7 Å². The van der Waals surface area contributed by atoms with Crippen molar-refractivity contribution in [1.82, 2.24) is 0 Å². The summed E-state index contributed by atoms with van der Waals surface area (Å²) in [5.41, 5.74) is 0. The van der Waals surface area contributed by atoms with Crippen LogP contribution in [0.4, 0.5) is 0 Å². The fourth-order valence-corrected chi connectivity index (χ4v) is 0.449. The zero-order valence-electron chi connectivity index (χ0n) is 5.50. The molecule has 0 aliphatic rings. The van der Waals surface area contributed by atoms with E-state index in [1.165, 1.54) is 0 Å². The Balaban J connectivity index is 3.36. The molecule has 0 N–H and O–H groups in total. The molecule has 48 valence electrons. The minimum absolute atomic E-state index is 0.716. The Bertz CT molecular complexity index is 160. The Morgan fingerprint density at radius 3 is 2.44 bits per heavy atom. The molecule has 0 aliphatic heterocycles. The van der Waals surface area contributed by atoms with Gasteiger partial charge in [-0.1, -0.05) is 34.7 Å². The Labute approximate surface area is 65.2 Å². The Morgan fingerprint density at radius 1 is 1.22 bits per heavy atom. The summed E-state index contributed by atoms with van der Waals surface area (Å²) in [6, 6.07) is 0. The number of rotatable bonds is 1. The third kappa shape index (κ3) is 7.60. The van der Waals surface area contributed by atoms with Gasteiger partial charge in [0.1, 0.15) is 0 Å². The van der Waals surface area contributed by atoms with Crippen LogP contribution in [0.5, 0.6) is 0 Å². The summed E-state index contributed by atoms with van der Waals surface area (Å²) in [5.74, 6) is 11.2. The summed E-state index contributed by atoms with van der Waals surface area (Å²) in [4.78, 5) is 0. The standard InChI is InChI=1S/C8H9Br/c1-2-3-4-5-6-7-8-9/h2-3,8H2,1H3. The first-order valence-electron chi connectivity index (χ1n) is 2.93. The van der Waals surface area contributed by atoms with Crippen LogP contribution in [0.25, 0.3) is 0 Å². The van der Waals surface area contributed by atoms with Gasteiger partial charge in [0.15, 0.2) is 0 Å². The molecule has 0 spiro atoms. The van der Waals surface area contributed by atoms with Crippen LogP contribution in [0.2, 0.25) is 0 Å². The molecule has 9 heavy (non-hydrogen) atoms. The third-order valence-electron chi connectivity index (χ3n) is 0.681. The van der Waals surface area contributed by atoms with Crippen molar-refractivity contribution in [3.05, 3.63) is 0 Å². The lowest BCUT2D eigenvalue weighted by Crippen LogP contribution is -1.61. The largest absolute Gasteiger partial charge is 0.0891 e. The van der Waals surface area contributed by atoms with E-state index in [0.29, 0.717) is 5.33 Å². The summed E-state index contributed by atoms with van der Waals surface area (Å²) < 4.78 is 0. The van der Waals surface area contributed by atoms with Gasteiger partial charge in [0, 0.05) is 6.42 Å². The van der Waals surface area contributed by atoms with Gasteiger partial charge in [-0.2, -0.15) is 0 Å². The van der Waals surface area contributed by atoms with Gasteiger partial charge in [-0.15, -0.1) is 0 Å². The molecule has 0 atom stereocenters. The molecule has 0 aromatic carbocycles. The average molecular weight is 185 g/mol. The second-order valence-electron chi connectivity index (χ2n) is 1.49. The number of halogens is 1. The van der Waals surface area contributed by atoms with Crippen LogP contribution in [-0.2, 0) is 0 Å². The van der Waals surface area contributed by atoms with Crippen LogP contribution in [-0.4, -0.2) is 5.33 Å². The molecule has 0 aromatic heterocycles. The second-order valence-corrected chi connectivity index (χ2v) is 2.05. The predicted molar refractivity (Wildman–Crippen MR) is 44.3 cm³/mol. The third-order valence-corrected chi connectivity index (χ3v) is 0.961. The van der Waals surface area contributed by atoms with Crippen LogP contribution in [0.3, 0.4) is 0 Å². The minimum atomic E-state index is 0.716. The van der Waals surface area contributed by atoms with Gasteiger partial charge < -0.3 is 0 Å². The Kier molecular flexibility index (Phi) is 7.26. The molecular formula is C8H9Br. The number of hydrogen-bond donors (Lipinski definition) is 0. The number of alkyl halides is 1. The lowest BCUT2D eigenvalue weighted by Gasteiger charge is -1.72. The van der Waals surface area contributed by atoms with E-state index in [1.54, 1.807) is 0 Å². The van der Waals surface area contributed by atoms with Crippen molar-refractivity contribution in [2.75, 3.05) is 5.33 Å². The smallest absolute Gasteiger partial charge is 0.0655 e. The van der Waals surface area contributed by atoms with Gasteiger partial charge in [0.25, 0.3) is 0 Å². The zero-order chi connectivity index (χ0) is 6.95. The highest BCUT2D eigenvalue weighted by Crippen LogP contribution is 1.79. The van der Waals surface area contributed by atoms with Gasteiger partial charge >= 0.3 is 0 Å². The van der Waals surface area contributed by atoms with Crippen molar-refractivity contribution in [2.45, 2.75) is 19.8 Å². The SMILES string of the molecule is CCCC#CC#CCBr. The molecular weight excluding hydrogens is 176 g/mol. The van der Waals surface area contributed by atoms with E-state index in [-0.39, 0.29) is 0 Å². The van der Waals surface area contributed by atoms with E-state index in [1.807, 2.05) is 0 Å². The first kappa shape index (κ1) is 8.60. The molecule has 0 unspecified atom stereocenters. The van der Waals surface area contributed by atoms with E-state index >= 15 is 0 Å². The van der Waals surface area contributed by atoms with Crippen molar-refractivity contribution >= 4 is 15.9 Å². The van der Waals surface area contributed by atoms with Gasteiger partial charge in [0.05, 0.1) is 5.33 Å². The molecule has 0 aromatic rings. The monoisotopic (exact) mass is 184 g/mol. The van der Waals surface area contributed by atoms with Crippen molar-refractivity contribution in [3.63, 3.8) is 0 Å². The summed E-state index contributed by atoms with van der Waals surface area (Å²) in [6.07, 6.45) is 2.07. The summed E-state index contributed by atoms with van der Waals surface area (Å²) in [5, 5.41) is 0.716. The molecule has 0 saturated carbocycles. The van der Waals surface area contributed by atoms with Crippen LogP contribution in [0.1, 0.15) is 19.8 Å².